The van der Waals surface area contributed by atoms with Gasteiger partial charge in [0.2, 0.25) is 5.91 Å². The Morgan fingerprint density at radius 1 is 0.875 bits per heavy atom. The molecular formula is C23H18N4O4S. The van der Waals surface area contributed by atoms with Crippen molar-refractivity contribution in [2.45, 2.75) is 0 Å². The van der Waals surface area contributed by atoms with Gasteiger partial charge in [-0.15, -0.1) is 0 Å². The van der Waals surface area contributed by atoms with Crippen LogP contribution in [0.2, 0.25) is 0 Å². The van der Waals surface area contributed by atoms with Crippen LogP contribution in [0.1, 0.15) is 15.9 Å². The molecule has 0 radical (unpaired) electrons. The molecule has 0 fully saturated rings. The summed E-state index contributed by atoms with van der Waals surface area (Å²) in [5.41, 5.74) is 7.71. The van der Waals surface area contributed by atoms with E-state index in [-0.39, 0.29) is 10.8 Å². The fourth-order valence-corrected chi connectivity index (χ4v) is 2.88. The lowest BCUT2D eigenvalue weighted by Gasteiger charge is -2.10. The summed E-state index contributed by atoms with van der Waals surface area (Å²) in [6, 6.07) is 22.6. The zero-order valence-corrected chi connectivity index (χ0v) is 17.5. The topological polar surface area (TPSA) is 113 Å². The molecular weight excluding hydrogens is 428 g/mol. The Morgan fingerprint density at radius 3 is 2.25 bits per heavy atom. The molecule has 0 aliphatic heterocycles. The van der Waals surface area contributed by atoms with E-state index in [1.165, 1.54) is 30.4 Å². The van der Waals surface area contributed by atoms with E-state index in [4.69, 9.17) is 12.2 Å². The standard InChI is InChI=1S/C23H18N4O4S/c28-21(14-9-16-5-4-8-20(15-16)27(30)31)24-23(32)26-25-22(29)19-12-10-18(11-13-19)17-6-2-1-3-7-17/h1-15H,(H,25,29)(H2,24,26,28,32)/b14-9+. The number of nitro groups is 1. The van der Waals surface area contributed by atoms with E-state index >= 15 is 0 Å². The maximum absolute atomic E-state index is 12.3. The molecule has 0 spiro atoms. The molecule has 0 aliphatic rings. The minimum absolute atomic E-state index is 0.0794. The molecule has 3 aromatic carbocycles. The maximum Gasteiger partial charge on any atom is 0.270 e. The van der Waals surface area contributed by atoms with Crippen molar-refractivity contribution < 1.29 is 14.5 Å². The molecule has 0 bridgehead atoms. The summed E-state index contributed by atoms with van der Waals surface area (Å²) in [5, 5.41) is 13.1. The number of non-ortho nitro benzene ring substituents is 1. The maximum atomic E-state index is 12.3. The molecule has 0 saturated heterocycles. The molecule has 3 N–H and O–H groups in total. The number of amides is 2. The second-order valence-electron chi connectivity index (χ2n) is 6.53. The Hall–Kier alpha value is -4.37. The Kier molecular flexibility index (Phi) is 7.39. The van der Waals surface area contributed by atoms with E-state index in [9.17, 15) is 19.7 Å². The third-order valence-electron chi connectivity index (χ3n) is 4.29. The first-order chi connectivity index (χ1) is 15.4. The van der Waals surface area contributed by atoms with Crippen molar-refractivity contribution in [3.8, 4) is 11.1 Å². The number of hydrazine groups is 1. The van der Waals surface area contributed by atoms with Crippen LogP contribution >= 0.6 is 12.2 Å². The van der Waals surface area contributed by atoms with E-state index < -0.39 is 16.7 Å². The fraction of sp³-hybridized carbons (Fsp3) is 0. The van der Waals surface area contributed by atoms with Crippen LogP contribution in [0.15, 0.2) is 84.9 Å². The first-order valence-electron chi connectivity index (χ1n) is 9.42. The zero-order chi connectivity index (χ0) is 22.9. The number of carbonyl (C=O) groups excluding carboxylic acids is 2. The summed E-state index contributed by atoms with van der Waals surface area (Å²) in [6.45, 7) is 0. The van der Waals surface area contributed by atoms with E-state index in [1.54, 1.807) is 18.2 Å². The van der Waals surface area contributed by atoms with Crippen molar-refractivity contribution in [2.24, 2.45) is 0 Å². The molecule has 32 heavy (non-hydrogen) atoms. The van der Waals surface area contributed by atoms with Crippen LogP contribution in [0.3, 0.4) is 0 Å². The van der Waals surface area contributed by atoms with Crippen LogP contribution in [0.4, 0.5) is 5.69 Å². The fourth-order valence-electron chi connectivity index (χ4n) is 2.73. The highest BCUT2D eigenvalue weighted by molar-refractivity contribution is 7.80. The number of benzene rings is 3. The Labute approximate surface area is 189 Å². The van der Waals surface area contributed by atoms with Gasteiger partial charge in [0.25, 0.3) is 11.6 Å². The van der Waals surface area contributed by atoms with Crippen molar-refractivity contribution in [1.29, 1.82) is 0 Å². The molecule has 3 aromatic rings. The monoisotopic (exact) mass is 446 g/mol. The molecule has 9 heteroatoms. The third-order valence-corrected chi connectivity index (χ3v) is 4.49. The number of nitrogens with zero attached hydrogens (tertiary/aromatic N) is 1. The smallest absolute Gasteiger partial charge is 0.270 e. The van der Waals surface area contributed by atoms with E-state index in [1.807, 2.05) is 42.5 Å². The van der Waals surface area contributed by atoms with Gasteiger partial charge < -0.3 is 0 Å². The molecule has 0 heterocycles. The minimum Gasteiger partial charge on any atom is -0.298 e. The van der Waals surface area contributed by atoms with E-state index in [0.29, 0.717) is 11.1 Å². The highest BCUT2D eigenvalue weighted by Crippen LogP contribution is 2.19. The van der Waals surface area contributed by atoms with Crippen molar-refractivity contribution in [3.05, 3.63) is 106 Å². The number of hydrogen-bond acceptors (Lipinski definition) is 5. The summed E-state index contributed by atoms with van der Waals surface area (Å²) in [6.07, 6.45) is 2.59. The van der Waals surface area contributed by atoms with Crippen LogP contribution in [-0.2, 0) is 4.79 Å². The summed E-state index contributed by atoms with van der Waals surface area (Å²) in [5.74, 6) is -0.983. The van der Waals surface area contributed by atoms with Gasteiger partial charge in [-0.3, -0.25) is 35.9 Å². The Balaban J connectivity index is 1.49. The third kappa shape index (κ3) is 6.31. The lowest BCUT2D eigenvalue weighted by atomic mass is 10.0. The lowest BCUT2D eigenvalue weighted by Crippen LogP contribution is -2.48. The predicted octanol–water partition coefficient (Wildman–Crippen LogP) is 3.61. The van der Waals surface area contributed by atoms with Gasteiger partial charge in [0.15, 0.2) is 5.11 Å². The largest absolute Gasteiger partial charge is 0.298 e. The van der Waals surface area contributed by atoms with Gasteiger partial charge >= 0.3 is 0 Å². The van der Waals surface area contributed by atoms with Crippen molar-refractivity contribution >= 4 is 40.9 Å². The second kappa shape index (κ2) is 10.6. The first kappa shape index (κ1) is 22.3. The van der Waals surface area contributed by atoms with Crippen molar-refractivity contribution in [2.75, 3.05) is 0 Å². The van der Waals surface area contributed by atoms with Crippen molar-refractivity contribution in [3.63, 3.8) is 0 Å². The number of nitrogens with one attached hydrogen (secondary N) is 3. The highest BCUT2D eigenvalue weighted by Gasteiger charge is 2.08. The number of nitro benzene ring substituents is 1. The SMILES string of the molecule is O=C(/C=C/c1cccc([N+](=O)[O-])c1)NC(=S)NNC(=O)c1ccc(-c2ccccc2)cc1. The molecule has 2 amide bonds. The summed E-state index contributed by atoms with van der Waals surface area (Å²) in [4.78, 5) is 34.5. The van der Waals surface area contributed by atoms with Crippen LogP contribution in [-0.4, -0.2) is 21.9 Å². The summed E-state index contributed by atoms with van der Waals surface area (Å²) < 4.78 is 0. The number of rotatable bonds is 5. The number of thiocarbonyl (C=S) groups is 1. The van der Waals surface area contributed by atoms with Crippen LogP contribution in [0.25, 0.3) is 17.2 Å². The molecule has 0 aromatic heterocycles. The van der Waals surface area contributed by atoms with Gasteiger partial charge in [-0.1, -0.05) is 54.6 Å². The average Bonchev–Trinajstić information content (AvgIpc) is 2.82. The van der Waals surface area contributed by atoms with Gasteiger partial charge in [-0.25, -0.2) is 0 Å². The zero-order valence-electron chi connectivity index (χ0n) is 16.6. The molecule has 160 valence electrons. The molecule has 0 aliphatic carbocycles. The van der Waals surface area contributed by atoms with Crippen LogP contribution in [0.5, 0.6) is 0 Å². The number of carbonyl (C=O) groups is 2. The molecule has 8 nitrogen and oxygen atoms in total. The molecule has 0 atom stereocenters. The van der Waals surface area contributed by atoms with Gasteiger partial charge in [-0.2, -0.15) is 0 Å². The van der Waals surface area contributed by atoms with Gasteiger partial charge in [0, 0.05) is 23.8 Å². The normalized spacial score (nSPS) is 10.4. The molecule has 3 rings (SSSR count). The van der Waals surface area contributed by atoms with E-state index in [0.717, 1.165) is 11.1 Å². The average molecular weight is 446 g/mol. The van der Waals surface area contributed by atoms with Gasteiger partial charge in [0.1, 0.15) is 0 Å². The lowest BCUT2D eigenvalue weighted by molar-refractivity contribution is -0.384. The summed E-state index contributed by atoms with van der Waals surface area (Å²) >= 11 is 4.99. The predicted molar refractivity (Wildman–Crippen MR) is 125 cm³/mol. The molecule has 0 saturated carbocycles. The second-order valence-corrected chi connectivity index (χ2v) is 6.93. The van der Waals surface area contributed by atoms with Crippen molar-refractivity contribution in [1.82, 2.24) is 16.2 Å². The van der Waals surface area contributed by atoms with Crippen LogP contribution < -0.4 is 16.2 Å². The Morgan fingerprint density at radius 2 is 1.56 bits per heavy atom. The van der Waals surface area contributed by atoms with Gasteiger partial charge in [-0.05, 0) is 47.1 Å². The molecule has 0 unspecified atom stereocenters. The summed E-state index contributed by atoms with van der Waals surface area (Å²) in [7, 11) is 0. The first-order valence-corrected chi connectivity index (χ1v) is 9.82. The minimum atomic E-state index is -0.560. The van der Waals surface area contributed by atoms with E-state index in [2.05, 4.69) is 16.2 Å². The quantitative estimate of drug-likeness (QED) is 0.239. The number of hydrogen-bond donors (Lipinski definition) is 3. The highest BCUT2D eigenvalue weighted by atomic mass is 32.1. The van der Waals surface area contributed by atoms with Gasteiger partial charge in [0.05, 0.1) is 4.92 Å². The Bertz CT molecular complexity index is 1180. The van der Waals surface area contributed by atoms with Crippen LogP contribution in [0, 0.1) is 10.1 Å².